The summed E-state index contributed by atoms with van der Waals surface area (Å²) in [5.41, 5.74) is 18.4. The van der Waals surface area contributed by atoms with Crippen LogP contribution >= 0.6 is 0 Å². The maximum absolute atomic E-state index is 13.8. The first-order chi connectivity index (χ1) is 26.1. The lowest BCUT2D eigenvalue weighted by atomic mass is 9.89. The molecule has 0 radical (unpaired) electrons. The molecule has 55 heavy (non-hydrogen) atoms. The molecule has 0 aliphatic carbocycles. The highest BCUT2D eigenvalue weighted by Crippen LogP contribution is 2.30. The van der Waals surface area contributed by atoms with E-state index in [1.807, 2.05) is 78.3 Å². The summed E-state index contributed by atoms with van der Waals surface area (Å²) in [5.74, 6) is -1.59. The molecule has 0 aliphatic rings. The average molecular weight is 751 g/mol. The molecule has 0 spiro atoms. The molecule has 4 heterocycles. The van der Waals surface area contributed by atoms with Gasteiger partial charge in [0, 0.05) is 50.9 Å². The number of aliphatic hydroxyl groups is 1. The third-order valence-electron chi connectivity index (χ3n) is 10.7. The zero-order chi connectivity index (χ0) is 40.0. The minimum atomic E-state index is -1.20. The Kier molecular flexibility index (Phi) is 10.6. The van der Waals surface area contributed by atoms with E-state index in [1.54, 1.807) is 39.7 Å². The van der Waals surface area contributed by atoms with Gasteiger partial charge in [-0.05, 0) is 95.0 Å². The molecule has 0 aliphatic heterocycles. The number of fused-ring (bicyclic) bond motifs is 2. The van der Waals surface area contributed by atoms with E-state index in [2.05, 4.69) is 36.0 Å². The summed E-state index contributed by atoms with van der Waals surface area (Å²) in [5, 5.41) is 20.4. The quantitative estimate of drug-likeness (QED) is 0.171. The number of carbonyl (C=O) groups excluding carboxylic acids is 3. The fourth-order valence-corrected chi connectivity index (χ4v) is 7.44. The van der Waals surface area contributed by atoms with Crippen molar-refractivity contribution < 1.29 is 19.5 Å². The van der Waals surface area contributed by atoms with Crippen LogP contribution in [0.2, 0.25) is 0 Å². The maximum atomic E-state index is 13.8. The molecule has 6 aromatic rings. The first kappa shape index (κ1) is 38.7. The Hall–Kier alpha value is -6.03. The average Bonchev–Trinajstić information content (AvgIpc) is 3.88. The Labute approximate surface area is 318 Å². The van der Waals surface area contributed by atoms with Crippen molar-refractivity contribution in [2.24, 2.45) is 47.4 Å². The molecule has 4 atom stereocenters. The first-order valence-electron chi connectivity index (χ1n) is 18.5. The summed E-state index contributed by atoms with van der Waals surface area (Å²) in [6.45, 7) is 15.5. The summed E-state index contributed by atoms with van der Waals surface area (Å²) < 4.78 is 11.1. The van der Waals surface area contributed by atoms with Gasteiger partial charge in [0.2, 0.25) is 23.1 Å². The fraction of sp³-hybridized carbons (Fsp3) is 0.410. The summed E-state index contributed by atoms with van der Waals surface area (Å²) >= 11 is 0. The van der Waals surface area contributed by atoms with Crippen molar-refractivity contribution in [3.8, 4) is 0 Å². The Morgan fingerprint density at radius 1 is 0.764 bits per heavy atom. The molecule has 0 bridgehead atoms. The van der Waals surface area contributed by atoms with Crippen molar-refractivity contribution in [1.29, 1.82) is 0 Å². The number of carbonyl (C=O) groups is 3. The highest BCUT2D eigenvalue weighted by atomic mass is 16.3. The van der Waals surface area contributed by atoms with Crippen LogP contribution in [0.15, 0.2) is 58.5 Å². The molecular formula is C39H50N12O4. The van der Waals surface area contributed by atoms with Crippen LogP contribution in [0, 0.1) is 25.7 Å². The van der Waals surface area contributed by atoms with Gasteiger partial charge in [-0.25, -0.2) is 4.99 Å². The summed E-state index contributed by atoms with van der Waals surface area (Å²) in [6, 6.07) is 13.8. The minimum absolute atomic E-state index is 0.0173. The topological polar surface area (TPSA) is 204 Å². The van der Waals surface area contributed by atoms with Crippen molar-refractivity contribution in [1.82, 2.24) is 37.8 Å². The van der Waals surface area contributed by atoms with Gasteiger partial charge in [-0.3, -0.25) is 23.7 Å². The van der Waals surface area contributed by atoms with Crippen LogP contribution in [-0.4, -0.2) is 60.7 Å². The standard InChI is InChI=1S/C39H50N12O4/c1-10-49-32(16-22(4)44-49)36(54)42-38-46(8)30-18-26(34(40)52)12-14-28(30)48(38)20-21(3)24(6)25(7)51-29-15-13-27(35(41)53)19-31(29)47(9)39(51)43-37(55)33-17-23(5)45-50(33)11-2/h12-19,21,24-25,36,54H,10-11,20H2,1-9H3,(H2,40,52)(H2,41,53)/b42-38+,43-39+. The van der Waals surface area contributed by atoms with E-state index >= 15 is 0 Å². The molecule has 0 saturated carbocycles. The molecule has 0 saturated heterocycles. The van der Waals surface area contributed by atoms with Gasteiger partial charge < -0.3 is 34.8 Å². The van der Waals surface area contributed by atoms with E-state index in [9.17, 15) is 19.5 Å². The van der Waals surface area contributed by atoms with Crippen molar-refractivity contribution in [2.45, 2.75) is 80.4 Å². The third kappa shape index (κ3) is 7.04. The fourth-order valence-electron chi connectivity index (χ4n) is 7.44. The number of rotatable bonds is 12. The second kappa shape index (κ2) is 15.0. The highest BCUT2D eigenvalue weighted by Gasteiger charge is 2.27. The number of nitrogens with zero attached hydrogens (tertiary/aromatic N) is 10. The lowest BCUT2D eigenvalue weighted by Gasteiger charge is -2.28. The van der Waals surface area contributed by atoms with Crippen LogP contribution < -0.4 is 22.7 Å². The summed E-state index contributed by atoms with van der Waals surface area (Å²) in [6.07, 6.45) is -1.20. The number of primary amides is 2. The van der Waals surface area contributed by atoms with Gasteiger partial charge >= 0.3 is 0 Å². The SMILES string of the molecule is CCn1nc(C)cc1C(=O)/N=c1\n(C)c2cc(C(N)=O)ccc2n1C(C)C(C)C(C)Cn1/c(=N/C(O)c2cc(C)nn2CC)n(C)c2cc(C(N)=O)ccc21. The molecule has 6 rings (SSSR count). The number of aryl methyl sites for hydroxylation is 6. The number of aliphatic hydroxyl groups excluding tert-OH is 1. The zero-order valence-electron chi connectivity index (χ0n) is 32.8. The minimum Gasteiger partial charge on any atom is -0.367 e. The Morgan fingerprint density at radius 2 is 1.31 bits per heavy atom. The molecular weight excluding hydrogens is 701 g/mol. The van der Waals surface area contributed by atoms with E-state index in [0.29, 0.717) is 64.6 Å². The Bertz CT molecular complexity index is 2610. The van der Waals surface area contributed by atoms with Gasteiger partial charge in [-0.2, -0.15) is 15.2 Å². The normalized spacial score (nSPS) is 14.9. The van der Waals surface area contributed by atoms with Crippen LogP contribution in [0.3, 0.4) is 0 Å². The molecule has 3 amide bonds. The van der Waals surface area contributed by atoms with Gasteiger partial charge in [0.05, 0.1) is 39.1 Å². The predicted molar refractivity (Wildman–Crippen MR) is 208 cm³/mol. The second-order valence-electron chi connectivity index (χ2n) is 14.3. The monoisotopic (exact) mass is 750 g/mol. The van der Waals surface area contributed by atoms with Crippen LogP contribution in [-0.2, 0) is 33.7 Å². The van der Waals surface area contributed by atoms with E-state index < -0.39 is 23.9 Å². The van der Waals surface area contributed by atoms with Gasteiger partial charge in [0.15, 0.2) is 6.23 Å². The lowest BCUT2D eigenvalue weighted by Crippen LogP contribution is -2.34. The Morgan fingerprint density at radius 3 is 1.91 bits per heavy atom. The molecule has 0 fully saturated rings. The highest BCUT2D eigenvalue weighted by molar-refractivity contribution is 5.97. The number of nitrogens with two attached hydrogens (primary N) is 2. The van der Waals surface area contributed by atoms with Gasteiger partial charge in [-0.1, -0.05) is 13.8 Å². The third-order valence-corrected chi connectivity index (χ3v) is 10.7. The number of aromatic nitrogens is 8. The number of benzene rings is 2. The van der Waals surface area contributed by atoms with E-state index in [0.717, 1.165) is 22.2 Å². The molecule has 4 unspecified atom stereocenters. The van der Waals surface area contributed by atoms with E-state index in [1.165, 1.54) is 0 Å². The second-order valence-corrected chi connectivity index (χ2v) is 14.3. The number of amides is 3. The zero-order valence-corrected chi connectivity index (χ0v) is 32.8. The molecule has 16 heteroatoms. The number of hydrogen-bond acceptors (Lipinski definition) is 7. The summed E-state index contributed by atoms with van der Waals surface area (Å²) in [7, 11) is 3.66. The van der Waals surface area contributed by atoms with E-state index in [4.69, 9.17) is 16.5 Å². The van der Waals surface area contributed by atoms with Crippen LogP contribution in [0.25, 0.3) is 22.1 Å². The lowest BCUT2D eigenvalue weighted by molar-refractivity contribution is 0.0980. The van der Waals surface area contributed by atoms with Crippen molar-refractivity contribution in [2.75, 3.05) is 0 Å². The van der Waals surface area contributed by atoms with Crippen molar-refractivity contribution >= 4 is 39.8 Å². The van der Waals surface area contributed by atoms with Crippen molar-refractivity contribution in [3.05, 3.63) is 93.7 Å². The first-order valence-corrected chi connectivity index (χ1v) is 18.5. The van der Waals surface area contributed by atoms with Crippen LogP contribution in [0.5, 0.6) is 0 Å². The molecule has 2 aromatic carbocycles. The smallest absolute Gasteiger partial charge is 0.298 e. The molecule has 4 aromatic heterocycles. The largest absolute Gasteiger partial charge is 0.367 e. The predicted octanol–water partition coefficient (Wildman–Crippen LogP) is 3.39. The van der Waals surface area contributed by atoms with Gasteiger partial charge in [-0.15, -0.1) is 0 Å². The van der Waals surface area contributed by atoms with Crippen molar-refractivity contribution in [3.63, 3.8) is 0 Å². The van der Waals surface area contributed by atoms with Crippen LogP contribution in [0.4, 0.5) is 0 Å². The van der Waals surface area contributed by atoms with Gasteiger partial charge in [0.1, 0.15) is 5.69 Å². The molecule has 5 N–H and O–H groups in total. The number of imidazole rings is 2. The molecule has 16 nitrogen and oxygen atoms in total. The van der Waals surface area contributed by atoms with Crippen LogP contribution in [0.1, 0.15) is 95.2 Å². The molecule has 290 valence electrons. The maximum Gasteiger partial charge on any atom is 0.298 e. The Balaban J connectivity index is 1.47. The van der Waals surface area contributed by atoms with Gasteiger partial charge in [0.25, 0.3) is 5.91 Å². The summed E-state index contributed by atoms with van der Waals surface area (Å²) in [4.78, 5) is 47.7. The van der Waals surface area contributed by atoms with E-state index in [-0.39, 0.29) is 17.9 Å². The number of hydrogen-bond donors (Lipinski definition) is 3.